The summed E-state index contributed by atoms with van der Waals surface area (Å²) in [4.78, 5) is 15.1. The van der Waals surface area contributed by atoms with Crippen molar-refractivity contribution in [2.75, 3.05) is 5.83 Å². The maximum absolute atomic E-state index is 11.3. The molecule has 0 spiro atoms. The maximum Gasteiger partial charge on any atom is 0.276 e. The molecule has 1 rings (SSSR count). The molecule has 0 aromatic heterocycles. The Kier molecular flexibility index (Phi) is 13.2. The second-order valence-corrected chi connectivity index (χ2v) is 2.73. The normalized spacial score (nSPS) is 7.62. The van der Waals surface area contributed by atoms with E-state index >= 15 is 0 Å². The lowest BCUT2D eigenvalue weighted by atomic mass is 10.2. The van der Waals surface area contributed by atoms with Crippen LogP contribution in [-0.4, -0.2) is 17.5 Å². The van der Waals surface area contributed by atoms with Crippen molar-refractivity contribution in [2.24, 2.45) is 4.99 Å². The fourth-order valence-electron chi connectivity index (χ4n) is 0.848. The average molecular weight is 286 g/mol. The molecule has 1 aromatic carbocycles. The van der Waals surface area contributed by atoms with Gasteiger partial charge in [0.2, 0.25) is 0 Å². The van der Waals surface area contributed by atoms with Crippen LogP contribution in [0.3, 0.4) is 0 Å². The zero-order valence-electron chi connectivity index (χ0n) is 10.6. The number of carbonyl (C=O) groups is 1. The molecule has 0 heterocycles. The minimum atomic E-state index is -0.171. The van der Waals surface area contributed by atoms with Crippen LogP contribution in [0, 0.1) is 0 Å². The van der Waals surface area contributed by atoms with Crippen LogP contribution in [0.15, 0.2) is 35.3 Å². The summed E-state index contributed by atoms with van der Waals surface area (Å²) in [5.41, 5.74) is 1.42. The van der Waals surface area contributed by atoms with E-state index in [1.54, 1.807) is 26.0 Å². The van der Waals surface area contributed by atoms with Crippen molar-refractivity contribution in [3.63, 3.8) is 0 Å². The van der Waals surface area contributed by atoms with Gasteiger partial charge in [-0.1, -0.05) is 48.0 Å². The molecule has 1 aromatic rings. The van der Waals surface area contributed by atoms with E-state index in [0.29, 0.717) is 5.56 Å². The van der Waals surface area contributed by atoms with E-state index in [1.165, 1.54) is 0 Å². The smallest absolute Gasteiger partial charge is 0.267 e. The van der Waals surface area contributed by atoms with Crippen LogP contribution in [0.4, 0.5) is 0 Å². The van der Waals surface area contributed by atoms with Gasteiger partial charge in [-0.3, -0.25) is 4.79 Å². The molecule has 1 amide bonds. The highest BCUT2D eigenvalue weighted by molar-refractivity contribution is 9.08. The molecule has 0 saturated heterocycles. The minimum absolute atomic E-state index is 0.171. The SMILES string of the molecule is CBr.CC.CC(C)=NC(=O)c1ccccc1. The Hall–Kier alpha value is -0.960. The van der Waals surface area contributed by atoms with Gasteiger partial charge in [-0.25, -0.2) is 4.99 Å². The molecule has 0 aliphatic heterocycles. The van der Waals surface area contributed by atoms with Gasteiger partial charge < -0.3 is 0 Å². The Morgan fingerprint density at radius 2 is 1.50 bits per heavy atom. The highest BCUT2D eigenvalue weighted by atomic mass is 79.9. The van der Waals surface area contributed by atoms with Crippen LogP contribution in [0.5, 0.6) is 0 Å². The third-order valence-corrected chi connectivity index (χ3v) is 1.35. The highest BCUT2D eigenvalue weighted by Crippen LogP contribution is 2.00. The van der Waals surface area contributed by atoms with Gasteiger partial charge in [-0.2, -0.15) is 0 Å². The Balaban J connectivity index is 0. The van der Waals surface area contributed by atoms with Gasteiger partial charge in [-0.15, -0.1) is 0 Å². The third kappa shape index (κ3) is 8.36. The van der Waals surface area contributed by atoms with E-state index < -0.39 is 0 Å². The molecular formula is C13H20BrNO. The summed E-state index contributed by atoms with van der Waals surface area (Å²) in [6.45, 7) is 7.61. The summed E-state index contributed by atoms with van der Waals surface area (Å²) in [6, 6.07) is 9.05. The van der Waals surface area contributed by atoms with Gasteiger partial charge in [-0.05, 0) is 31.8 Å². The van der Waals surface area contributed by atoms with E-state index in [2.05, 4.69) is 20.9 Å². The van der Waals surface area contributed by atoms with Crippen molar-refractivity contribution in [3.8, 4) is 0 Å². The predicted octanol–water partition coefficient (Wildman–Crippen LogP) is 4.34. The molecular weight excluding hydrogens is 266 g/mol. The van der Waals surface area contributed by atoms with Crippen molar-refractivity contribution >= 4 is 27.5 Å². The van der Waals surface area contributed by atoms with Gasteiger partial charge in [0.25, 0.3) is 5.91 Å². The third-order valence-electron chi connectivity index (χ3n) is 1.35. The minimum Gasteiger partial charge on any atom is -0.267 e. The first-order valence-corrected chi connectivity index (χ1v) is 6.78. The van der Waals surface area contributed by atoms with Crippen molar-refractivity contribution in [3.05, 3.63) is 35.9 Å². The Morgan fingerprint density at radius 3 is 1.88 bits per heavy atom. The molecule has 0 aliphatic rings. The fourth-order valence-corrected chi connectivity index (χ4v) is 0.848. The summed E-state index contributed by atoms with van der Waals surface area (Å²) >= 11 is 2.94. The predicted molar refractivity (Wildman–Crippen MR) is 75.8 cm³/mol. The molecule has 0 radical (unpaired) electrons. The van der Waals surface area contributed by atoms with E-state index in [9.17, 15) is 4.79 Å². The first-order chi connectivity index (χ1) is 7.70. The van der Waals surface area contributed by atoms with E-state index in [0.717, 1.165) is 5.71 Å². The molecule has 90 valence electrons. The average Bonchev–Trinajstić information content (AvgIpc) is 2.34. The quantitative estimate of drug-likeness (QED) is 0.557. The Morgan fingerprint density at radius 1 is 1.06 bits per heavy atom. The maximum atomic E-state index is 11.3. The van der Waals surface area contributed by atoms with Gasteiger partial charge in [0.1, 0.15) is 0 Å². The van der Waals surface area contributed by atoms with Crippen LogP contribution in [0.25, 0.3) is 0 Å². The van der Waals surface area contributed by atoms with Crippen LogP contribution in [-0.2, 0) is 0 Å². The number of hydrogen-bond donors (Lipinski definition) is 0. The molecule has 0 atom stereocenters. The summed E-state index contributed by atoms with van der Waals surface area (Å²) < 4.78 is 0. The molecule has 0 fully saturated rings. The van der Waals surface area contributed by atoms with Gasteiger partial charge in [0.05, 0.1) is 0 Å². The topological polar surface area (TPSA) is 29.4 Å². The van der Waals surface area contributed by atoms with Gasteiger partial charge in [0.15, 0.2) is 0 Å². The molecule has 0 saturated carbocycles. The zero-order chi connectivity index (χ0) is 13.0. The van der Waals surface area contributed by atoms with Crippen molar-refractivity contribution < 1.29 is 4.79 Å². The van der Waals surface area contributed by atoms with Crippen molar-refractivity contribution in [2.45, 2.75) is 27.7 Å². The molecule has 16 heavy (non-hydrogen) atoms. The highest BCUT2D eigenvalue weighted by Gasteiger charge is 2.00. The van der Waals surface area contributed by atoms with E-state index in [4.69, 9.17) is 0 Å². The largest absolute Gasteiger partial charge is 0.276 e. The second-order valence-electron chi connectivity index (χ2n) is 2.73. The number of carbonyl (C=O) groups excluding carboxylic acids is 1. The van der Waals surface area contributed by atoms with Gasteiger partial charge >= 0.3 is 0 Å². The lowest BCUT2D eigenvalue weighted by Gasteiger charge is -1.93. The summed E-state index contributed by atoms with van der Waals surface area (Å²) in [7, 11) is 0. The fraction of sp³-hybridized carbons (Fsp3) is 0.385. The zero-order valence-corrected chi connectivity index (χ0v) is 12.2. The number of nitrogens with zero attached hydrogens (tertiary/aromatic N) is 1. The summed E-state index contributed by atoms with van der Waals surface area (Å²) in [6.07, 6.45) is 0. The number of halogens is 1. The molecule has 3 heteroatoms. The first kappa shape index (κ1) is 17.4. The first-order valence-electron chi connectivity index (χ1n) is 5.19. The number of hydrogen-bond acceptors (Lipinski definition) is 1. The summed E-state index contributed by atoms with van der Waals surface area (Å²) in [5.74, 6) is 1.64. The van der Waals surface area contributed by atoms with Crippen LogP contribution in [0.1, 0.15) is 38.1 Å². The van der Waals surface area contributed by atoms with Crippen LogP contribution < -0.4 is 0 Å². The lowest BCUT2D eigenvalue weighted by molar-refractivity contribution is 0.100. The van der Waals surface area contributed by atoms with Crippen LogP contribution >= 0.6 is 15.9 Å². The monoisotopic (exact) mass is 285 g/mol. The molecule has 0 N–H and O–H groups in total. The molecule has 0 bridgehead atoms. The Bertz CT molecular complexity index is 303. The second kappa shape index (κ2) is 12.1. The molecule has 2 nitrogen and oxygen atoms in total. The number of alkyl halides is 1. The molecule has 0 aliphatic carbocycles. The van der Waals surface area contributed by atoms with Crippen molar-refractivity contribution in [1.29, 1.82) is 0 Å². The van der Waals surface area contributed by atoms with E-state index in [1.807, 2.05) is 37.9 Å². The number of rotatable bonds is 1. The van der Waals surface area contributed by atoms with Crippen LogP contribution in [0.2, 0.25) is 0 Å². The number of aliphatic imine (C=N–C) groups is 1. The van der Waals surface area contributed by atoms with Crippen molar-refractivity contribution in [1.82, 2.24) is 0 Å². The summed E-state index contributed by atoms with van der Waals surface area (Å²) in [5, 5.41) is 0. The number of benzene rings is 1. The number of amides is 1. The lowest BCUT2D eigenvalue weighted by Crippen LogP contribution is -1.96. The Labute approximate surface area is 107 Å². The standard InChI is InChI=1S/C10H11NO.C2H6.CH3Br/c1-8(2)11-10(12)9-6-4-3-5-7-9;2*1-2/h3-7H,1-2H3;1-2H3;1H3. The van der Waals surface area contributed by atoms with Gasteiger partial charge in [0, 0.05) is 11.3 Å². The molecule has 0 unspecified atom stereocenters. The van der Waals surface area contributed by atoms with E-state index in [-0.39, 0.29) is 5.91 Å².